The molecule has 0 bridgehead atoms. The Hall–Kier alpha value is -1.20. The molecule has 0 aromatic carbocycles. The number of nitrogens with zero attached hydrogens (tertiary/aromatic N) is 2. The summed E-state index contributed by atoms with van der Waals surface area (Å²) in [6.45, 7) is 2.26. The van der Waals surface area contributed by atoms with Gasteiger partial charge in [0.15, 0.2) is 0 Å². The third-order valence-corrected chi connectivity index (χ3v) is 6.54. The van der Waals surface area contributed by atoms with Gasteiger partial charge in [-0.2, -0.15) is 0 Å². The zero-order valence-corrected chi connectivity index (χ0v) is 22.2. The molecule has 2 aromatic rings. The average molecular weight is 574 g/mol. The molecule has 6 nitrogen and oxygen atoms in total. The molecular weight excluding hydrogens is 547 g/mol. The predicted molar refractivity (Wildman–Crippen MR) is 126 cm³/mol. The number of pyridine rings is 2. The van der Waals surface area contributed by atoms with Crippen molar-refractivity contribution < 1.29 is 38.3 Å². The fourth-order valence-electron chi connectivity index (χ4n) is 3.48. The molecule has 2 aliphatic rings. The van der Waals surface area contributed by atoms with Crippen LogP contribution in [0.15, 0.2) is 45.6 Å². The van der Waals surface area contributed by atoms with Crippen molar-refractivity contribution in [3.63, 3.8) is 0 Å². The Morgan fingerprint density at radius 2 is 1.39 bits per heavy atom. The fraction of sp³-hybridized carbons (Fsp3) is 0.500. The minimum absolute atomic E-state index is 0. The van der Waals surface area contributed by atoms with Crippen molar-refractivity contribution in [2.24, 2.45) is 11.8 Å². The Labute approximate surface area is 223 Å². The summed E-state index contributed by atoms with van der Waals surface area (Å²) in [7, 11) is 0. The first kappa shape index (κ1) is 28.0. The molecule has 2 saturated carbocycles. The molecule has 2 aromatic heterocycles. The number of carbonyl (C=O) groups excluding carboxylic acids is 2. The van der Waals surface area contributed by atoms with E-state index in [1.807, 2.05) is 25.1 Å². The molecule has 33 heavy (non-hydrogen) atoms. The number of esters is 1. The van der Waals surface area contributed by atoms with Crippen molar-refractivity contribution >= 4 is 43.8 Å². The van der Waals surface area contributed by atoms with Gasteiger partial charge in [0.1, 0.15) is 0 Å². The van der Waals surface area contributed by atoms with Gasteiger partial charge in [-0.25, -0.2) is 0 Å². The Balaban J connectivity index is 0.000000228. The van der Waals surface area contributed by atoms with E-state index in [0.717, 1.165) is 33.9 Å². The van der Waals surface area contributed by atoms with Crippen LogP contribution < -0.4 is 24.0 Å². The van der Waals surface area contributed by atoms with Gasteiger partial charge in [-0.3, -0.25) is 14.8 Å². The Bertz CT molecular complexity index is 904. The van der Waals surface area contributed by atoms with Gasteiger partial charge in [-0.15, -0.1) is 0 Å². The summed E-state index contributed by atoms with van der Waals surface area (Å²) in [6.07, 6.45) is 9.62. The molecule has 2 atom stereocenters. The first-order valence-electron chi connectivity index (χ1n) is 11.0. The Morgan fingerprint density at radius 3 is 1.76 bits per heavy atom. The zero-order chi connectivity index (χ0) is 23.1. The van der Waals surface area contributed by atoms with Crippen LogP contribution in [0.3, 0.4) is 0 Å². The van der Waals surface area contributed by atoms with Crippen molar-refractivity contribution in [2.75, 3.05) is 6.61 Å². The number of aromatic nitrogens is 2. The van der Waals surface area contributed by atoms with Gasteiger partial charge in [-0.1, -0.05) is 25.7 Å². The van der Waals surface area contributed by atoms with Crippen molar-refractivity contribution in [1.82, 2.24) is 9.97 Å². The topological polar surface area (TPSA) is 92.2 Å². The molecule has 0 spiro atoms. The van der Waals surface area contributed by atoms with Crippen molar-refractivity contribution in [3.8, 4) is 0 Å². The van der Waals surface area contributed by atoms with Gasteiger partial charge in [0.2, 0.25) is 0 Å². The number of halogens is 2. The molecule has 2 heterocycles. The van der Waals surface area contributed by atoms with E-state index in [-0.39, 0.29) is 30.7 Å². The number of rotatable bonds is 9. The molecule has 9 heteroatoms. The van der Waals surface area contributed by atoms with Gasteiger partial charge in [0, 0.05) is 33.0 Å². The molecule has 2 aliphatic carbocycles. The van der Waals surface area contributed by atoms with Gasteiger partial charge in [-0.05, 0) is 87.7 Å². The number of aliphatic carboxylic acids is 1. The second-order valence-corrected chi connectivity index (χ2v) is 10.2. The Kier molecular flexibility index (Phi) is 11.6. The SMILES string of the molecule is CCOC(=O)C(CC1CC1)c1ccc(Br)cn1.O=C([O-])C(CC1CC1)c1ccc(Br)cn1.[Li+]. The van der Waals surface area contributed by atoms with Gasteiger partial charge >= 0.3 is 24.8 Å². The quantitative estimate of drug-likeness (QED) is 0.335. The summed E-state index contributed by atoms with van der Waals surface area (Å²) in [5.41, 5.74) is 1.42. The average Bonchev–Trinajstić information content (AvgIpc) is 3.68. The van der Waals surface area contributed by atoms with Gasteiger partial charge < -0.3 is 14.6 Å². The maximum Gasteiger partial charge on any atom is 1.00 e. The zero-order valence-electron chi connectivity index (χ0n) is 19.0. The summed E-state index contributed by atoms with van der Waals surface area (Å²) in [6, 6.07) is 7.37. The second kappa shape index (κ2) is 13.6. The minimum Gasteiger partial charge on any atom is -0.549 e. The molecule has 0 aliphatic heterocycles. The standard InChI is InChI=1S/C13H16BrNO2.C11H12BrNO2.Li/c1-2-17-13(16)11(7-9-3-4-9)12-6-5-10(14)8-15-12;12-8-3-4-10(13-6-8)9(11(14)15)5-7-1-2-7;/h5-6,8-9,11H,2-4,7H2,1H3;3-4,6-7,9H,1-2,5H2,(H,14,15);/q;;+1/p-1. The molecule has 2 unspecified atom stereocenters. The second-order valence-electron chi connectivity index (χ2n) is 8.34. The summed E-state index contributed by atoms with van der Waals surface area (Å²) >= 11 is 6.62. The minimum atomic E-state index is -1.02. The van der Waals surface area contributed by atoms with E-state index in [4.69, 9.17) is 4.74 Å². The van der Waals surface area contributed by atoms with Crippen LogP contribution in [0, 0.1) is 11.8 Å². The maximum atomic E-state index is 11.9. The first-order valence-corrected chi connectivity index (χ1v) is 12.6. The van der Waals surface area contributed by atoms with E-state index < -0.39 is 11.9 Å². The van der Waals surface area contributed by atoms with Crippen LogP contribution in [0.5, 0.6) is 0 Å². The molecule has 0 saturated heterocycles. The maximum absolute atomic E-state index is 11.9. The first-order chi connectivity index (χ1) is 15.4. The van der Waals surface area contributed by atoms with Crippen LogP contribution in [-0.2, 0) is 14.3 Å². The molecule has 0 N–H and O–H groups in total. The van der Waals surface area contributed by atoms with Crippen LogP contribution in [0.1, 0.15) is 68.7 Å². The Morgan fingerprint density at radius 1 is 0.939 bits per heavy atom. The van der Waals surface area contributed by atoms with Crippen LogP contribution in [-0.4, -0.2) is 28.5 Å². The van der Waals surface area contributed by atoms with Crippen LogP contribution in [0.2, 0.25) is 0 Å². The summed E-state index contributed by atoms with van der Waals surface area (Å²) in [5, 5.41) is 11.0. The van der Waals surface area contributed by atoms with E-state index >= 15 is 0 Å². The fourth-order valence-corrected chi connectivity index (χ4v) is 3.95. The van der Waals surface area contributed by atoms with Crippen molar-refractivity contribution in [2.45, 2.75) is 57.3 Å². The number of carboxylic acid groups (broad SMARTS) is 1. The normalized spacial score (nSPS) is 16.5. The molecule has 4 rings (SSSR count). The molecule has 0 amide bonds. The summed E-state index contributed by atoms with van der Waals surface area (Å²) in [5.74, 6) is -0.680. The van der Waals surface area contributed by atoms with E-state index in [0.29, 0.717) is 30.6 Å². The third-order valence-electron chi connectivity index (χ3n) is 5.60. The summed E-state index contributed by atoms with van der Waals surface area (Å²) in [4.78, 5) is 31.3. The van der Waals surface area contributed by atoms with Gasteiger partial charge in [0.05, 0.1) is 24.2 Å². The monoisotopic (exact) mass is 572 g/mol. The van der Waals surface area contributed by atoms with Crippen LogP contribution in [0.4, 0.5) is 0 Å². The van der Waals surface area contributed by atoms with E-state index in [9.17, 15) is 14.7 Å². The molecule has 172 valence electrons. The van der Waals surface area contributed by atoms with E-state index in [1.54, 1.807) is 18.5 Å². The van der Waals surface area contributed by atoms with Crippen LogP contribution >= 0.6 is 31.9 Å². The third kappa shape index (κ3) is 9.52. The number of carbonyl (C=O) groups is 2. The van der Waals surface area contributed by atoms with Gasteiger partial charge in [0.25, 0.3) is 0 Å². The smallest absolute Gasteiger partial charge is 0.549 e. The number of carboxylic acids is 1. The summed E-state index contributed by atoms with van der Waals surface area (Å²) < 4.78 is 6.91. The molecule has 0 radical (unpaired) electrons. The predicted octanol–water partition coefficient (Wildman–Crippen LogP) is 1.77. The molecular formula is C24H27Br2LiN2O4. The van der Waals surface area contributed by atoms with E-state index in [2.05, 4.69) is 41.8 Å². The van der Waals surface area contributed by atoms with Crippen LogP contribution in [0.25, 0.3) is 0 Å². The van der Waals surface area contributed by atoms with Crippen molar-refractivity contribution in [3.05, 3.63) is 57.0 Å². The molecule has 2 fully saturated rings. The van der Waals surface area contributed by atoms with E-state index in [1.165, 1.54) is 12.8 Å². The number of hydrogen-bond acceptors (Lipinski definition) is 6. The van der Waals surface area contributed by atoms with Crippen molar-refractivity contribution in [1.29, 1.82) is 0 Å². The number of hydrogen-bond donors (Lipinski definition) is 0. The largest absolute Gasteiger partial charge is 1.00 e. The number of ether oxygens (including phenoxy) is 1.